The SMILES string of the molecule is C[C@]12O[C@@](C)(C[C@H]1NS(=O)(=O)c1cccnc1)[C@H]1C(=O)N(c3ccc(C#N)c(C(F)(F)F)c3)C(=O)[C@H]12. The number of sulfonamides is 1. The number of amides is 2. The molecule has 4 heterocycles. The first-order valence-electron chi connectivity index (χ1n) is 10.8. The summed E-state index contributed by atoms with van der Waals surface area (Å²) in [6.45, 7) is 3.11. The Morgan fingerprint density at radius 2 is 1.89 bits per heavy atom. The molecule has 13 heteroatoms. The number of anilines is 1. The molecule has 0 radical (unpaired) electrons. The largest absolute Gasteiger partial charge is 0.417 e. The predicted molar refractivity (Wildman–Crippen MR) is 116 cm³/mol. The van der Waals surface area contributed by atoms with E-state index in [0.717, 1.165) is 12.1 Å². The summed E-state index contributed by atoms with van der Waals surface area (Å²) in [5.41, 5.74) is -4.89. The average molecular weight is 520 g/mol. The summed E-state index contributed by atoms with van der Waals surface area (Å²) in [5.74, 6) is -3.67. The number of nitriles is 1. The first kappa shape index (κ1) is 24.4. The van der Waals surface area contributed by atoms with Crippen LogP contribution in [-0.2, 0) is 30.5 Å². The molecule has 2 bridgehead atoms. The van der Waals surface area contributed by atoms with Crippen LogP contribution in [0.2, 0.25) is 0 Å². The number of carbonyl (C=O) groups excluding carboxylic acids is 2. The number of halogens is 3. The van der Waals surface area contributed by atoms with Gasteiger partial charge in [0.2, 0.25) is 21.8 Å². The van der Waals surface area contributed by atoms with Gasteiger partial charge in [0.05, 0.1) is 52.0 Å². The van der Waals surface area contributed by atoms with E-state index in [1.54, 1.807) is 6.92 Å². The lowest BCUT2D eigenvalue weighted by Gasteiger charge is -2.35. The van der Waals surface area contributed by atoms with Gasteiger partial charge in [0.25, 0.3) is 0 Å². The van der Waals surface area contributed by atoms with E-state index < -0.39 is 68.2 Å². The van der Waals surface area contributed by atoms with Crippen LogP contribution in [0.5, 0.6) is 0 Å². The topological polar surface area (TPSA) is 129 Å². The van der Waals surface area contributed by atoms with Crippen molar-refractivity contribution in [2.75, 3.05) is 4.90 Å². The summed E-state index contributed by atoms with van der Waals surface area (Å²) in [5, 5.41) is 9.05. The van der Waals surface area contributed by atoms with Crippen molar-refractivity contribution in [2.45, 2.75) is 48.6 Å². The summed E-state index contributed by atoms with van der Waals surface area (Å²) < 4.78 is 75.0. The molecule has 5 atom stereocenters. The van der Waals surface area contributed by atoms with E-state index in [0.29, 0.717) is 11.0 Å². The minimum atomic E-state index is -4.88. The van der Waals surface area contributed by atoms with Gasteiger partial charge in [-0.3, -0.25) is 14.6 Å². The third kappa shape index (κ3) is 3.36. The van der Waals surface area contributed by atoms with Crippen molar-refractivity contribution >= 4 is 27.5 Å². The lowest BCUT2D eigenvalue weighted by Crippen LogP contribution is -2.56. The van der Waals surface area contributed by atoms with Gasteiger partial charge in [-0.1, -0.05) is 0 Å². The average Bonchev–Trinajstić information content (AvgIpc) is 3.33. The molecule has 1 aromatic heterocycles. The second-order valence-electron chi connectivity index (χ2n) is 9.47. The van der Waals surface area contributed by atoms with Crippen molar-refractivity contribution in [1.29, 1.82) is 5.26 Å². The van der Waals surface area contributed by atoms with Gasteiger partial charge < -0.3 is 4.74 Å². The van der Waals surface area contributed by atoms with Crippen LogP contribution >= 0.6 is 0 Å². The van der Waals surface area contributed by atoms with E-state index in [4.69, 9.17) is 10.00 Å². The molecule has 0 saturated carbocycles. The molecule has 9 nitrogen and oxygen atoms in total. The Bertz CT molecular complexity index is 1440. The zero-order valence-electron chi connectivity index (χ0n) is 18.9. The maximum atomic E-state index is 13.5. The highest BCUT2D eigenvalue weighted by molar-refractivity contribution is 7.89. The zero-order chi connectivity index (χ0) is 26.3. The van der Waals surface area contributed by atoms with Gasteiger partial charge in [-0.2, -0.15) is 18.4 Å². The van der Waals surface area contributed by atoms with Crippen LogP contribution in [0.3, 0.4) is 0 Å². The number of pyridine rings is 1. The van der Waals surface area contributed by atoms with Gasteiger partial charge >= 0.3 is 6.18 Å². The molecule has 2 aromatic rings. The summed E-state index contributed by atoms with van der Waals surface area (Å²) in [7, 11) is -4.04. The van der Waals surface area contributed by atoms with Gasteiger partial charge in [0.1, 0.15) is 4.90 Å². The molecule has 2 amide bonds. The smallest absolute Gasteiger partial charge is 0.366 e. The lowest BCUT2D eigenvalue weighted by molar-refractivity contribution is -0.138. The van der Waals surface area contributed by atoms with E-state index in [-0.39, 0.29) is 17.0 Å². The van der Waals surface area contributed by atoms with Crippen LogP contribution < -0.4 is 9.62 Å². The minimum Gasteiger partial charge on any atom is -0.366 e. The second kappa shape index (κ2) is 7.58. The highest BCUT2D eigenvalue weighted by Crippen LogP contribution is 2.61. The minimum absolute atomic E-state index is 0.0676. The molecule has 0 unspecified atom stereocenters. The van der Waals surface area contributed by atoms with Crippen molar-refractivity contribution in [3.63, 3.8) is 0 Å². The van der Waals surface area contributed by atoms with Crippen molar-refractivity contribution in [3.05, 3.63) is 53.9 Å². The molecular weight excluding hydrogens is 501 g/mol. The van der Waals surface area contributed by atoms with Gasteiger partial charge in [-0.25, -0.2) is 18.0 Å². The molecule has 1 N–H and O–H groups in total. The Morgan fingerprint density at radius 3 is 2.50 bits per heavy atom. The number of hydrogen-bond acceptors (Lipinski definition) is 7. The maximum absolute atomic E-state index is 13.5. The van der Waals surface area contributed by atoms with Crippen LogP contribution in [0.25, 0.3) is 0 Å². The first-order valence-corrected chi connectivity index (χ1v) is 12.3. The van der Waals surface area contributed by atoms with E-state index >= 15 is 0 Å². The molecule has 3 aliphatic heterocycles. The third-order valence-electron chi connectivity index (χ3n) is 7.27. The monoisotopic (exact) mass is 520 g/mol. The number of fused-ring (bicyclic) bond motifs is 5. The molecule has 3 saturated heterocycles. The normalized spacial score (nSPS) is 31.6. The molecule has 36 heavy (non-hydrogen) atoms. The van der Waals surface area contributed by atoms with Crippen molar-refractivity contribution < 1.29 is 35.9 Å². The summed E-state index contributed by atoms with van der Waals surface area (Å²) in [6, 6.07) is 6.00. The molecule has 188 valence electrons. The number of rotatable bonds is 4. The number of nitrogens with one attached hydrogen (secondary N) is 1. The Balaban J connectivity index is 1.51. The Kier molecular flexibility index (Phi) is 5.13. The van der Waals surface area contributed by atoms with Crippen molar-refractivity contribution in [1.82, 2.24) is 9.71 Å². The van der Waals surface area contributed by atoms with Crippen LogP contribution in [0, 0.1) is 23.2 Å². The zero-order valence-corrected chi connectivity index (χ0v) is 19.7. The molecule has 0 spiro atoms. The number of aromatic nitrogens is 1. The van der Waals surface area contributed by atoms with E-state index in [1.807, 2.05) is 0 Å². The van der Waals surface area contributed by atoms with Crippen molar-refractivity contribution in [2.24, 2.45) is 11.8 Å². The van der Waals surface area contributed by atoms with Gasteiger partial charge in [-0.05, 0) is 50.6 Å². The fourth-order valence-electron chi connectivity index (χ4n) is 5.73. The number of carbonyl (C=O) groups is 2. The number of hydrogen-bond donors (Lipinski definition) is 1. The second-order valence-corrected chi connectivity index (χ2v) is 11.2. The number of ether oxygens (including phenoxy) is 1. The highest BCUT2D eigenvalue weighted by atomic mass is 32.2. The first-order chi connectivity index (χ1) is 16.7. The molecule has 0 aliphatic carbocycles. The number of alkyl halides is 3. The number of benzene rings is 1. The highest BCUT2D eigenvalue weighted by Gasteiger charge is 2.76. The van der Waals surface area contributed by atoms with Gasteiger partial charge in [-0.15, -0.1) is 0 Å². The standard InChI is InChI=1S/C23H19F3N4O5S/c1-21-9-16(29-36(33,34)14-4-3-7-28-11-14)22(2,35-21)18-17(21)19(31)30(20(18)32)13-6-5-12(10-27)15(8-13)23(24,25)26/h3-8,11,16-18,29H,9H2,1-2H3/t16-,17-,18+,21+,22+/m1/s1. The molecular formula is C23H19F3N4O5S. The lowest BCUT2D eigenvalue weighted by atomic mass is 9.67. The fourth-order valence-corrected chi connectivity index (χ4v) is 7.02. The number of nitrogens with zero attached hydrogens (tertiary/aromatic N) is 3. The van der Waals surface area contributed by atoms with Crippen LogP contribution in [0.15, 0.2) is 47.6 Å². The maximum Gasteiger partial charge on any atom is 0.417 e. The predicted octanol–water partition coefficient (Wildman–Crippen LogP) is 2.38. The van der Waals surface area contributed by atoms with Crippen molar-refractivity contribution in [3.8, 4) is 6.07 Å². The Hall–Kier alpha value is -3.34. The molecule has 5 rings (SSSR count). The van der Waals surface area contributed by atoms with Gasteiger partial charge in [0, 0.05) is 12.4 Å². The molecule has 1 aromatic carbocycles. The van der Waals surface area contributed by atoms with Gasteiger partial charge in [0.15, 0.2) is 0 Å². The Labute approximate surface area is 203 Å². The van der Waals surface area contributed by atoms with E-state index in [1.165, 1.54) is 37.5 Å². The van der Waals surface area contributed by atoms with Crippen LogP contribution in [-0.4, -0.2) is 42.5 Å². The van der Waals surface area contributed by atoms with E-state index in [2.05, 4.69) is 9.71 Å². The number of imide groups is 1. The van der Waals surface area contributed by atoms with Crippen LogP contribution in [0.1, 0.15) is 31.4 Å². The van der Waals surface area contributed by atoms with Crippen LogP contribution in [0.4, 0.5) is 18.9 Å². The Morgan fingerprint density at radius 1 is 1.19 bits per heavy atom. The summed E-state index contributed by atoms with van der Waals surface area (Å²) in [6.07, 6.45) is -2.23. The molecule has 3 fully saturated rings. The van der Waals surface area contributed by atoms with E-state index in [9.17, 15) is 31.2 Å². The quantitative estimate of drug-likeness (QED) is 0.613. The third-order valence-corrected chi connectivity index (χ3v) is 8.72. The molecule has 3 aliphatic rings. The fraction of sp³-hybridized carbons (Fsp3) is 0.391. The summed E-state index contributed by atoms with van der Waals surface area (Å²) >= 11 is 0. The summed E-state index contributed by atoms with van der Waals surface area (Å²) in [4.78, 5) is 31.3.